The summed E-state index contributed by atoms with van der Waals surface area (Å²) in [6.07, 6.45) is 3.22. The van der Waals surface area contributed by atoms with Gasteiger partial charge in [-0.05, 0) is 29.9 Å². The Bertz CT molecular complexity index is 973. The number of halogens is 1. The molecule has 26 heavy (non-hydrogen) atoms. The average Bonchev–Trinajstić information content (AvgIpc) is 2.92. The van der Waals surface area contributed by atoms with Crippen molar-refractivity contribution in [2.45, 2.75) is 45.7 Å². The van der Waals surface area contributed by atoms with Crippen molar-refractivity contribution in [2.75, 3.05) is 0 Å². The predicted octanol–water partition coefficient (Wildman–Crippen LogP) is 1.03. The molecule has 1 amide bonds. The van der Waals surface area contributed by atoms with Gasteiger partial charge in [0.25, 0.3) is 5.56 Å². The molecule has 1 saturated carbocycles. The Hall–Kier alpha value is -2.09. The first-order valence-corrected chi connectivity index (χ1v) is 9.21. The second kappa shape index (κ2) is 6.90. The smallest absolute Gasteiger partial charge is 0.332 e. The van der Waals surface area contributed by atoms with Crippen molar-refractivity contribution in [1.82, 2.24) is 24.0 Å². The largest absolute Gasteiger partial charge is 0.352 e. The number of nitrogens with one attached hydrogen (secondary N) is 1. The van der Waals surface area contributed by atoms with Gasteiger partial charge in [0.2, 0.25) is 11.2 Å². The molecule has 2 heterocycles. The van der Waals surface area contributed by atoms with E-state index in [9.17, 15) is 14.4 Å². The number of nitrogens with zero attached hydrogens (tertiary/aromatic N) is 4. The van der Waals surface area contributed by atoms with E-state index >= 15 is 0 Å². The number of fused-ring (bicyclic) bond motifs is 1. The Morgan fingerprint density at radius 1 is 1.23 bits per heavy atom. The summed E-state index contributed by atoms with van der Waals surface area (Å²) >= 11 is 6.16. The van der Waals surface area contributed by atoms with Gasteiger partial charge in [-0.25, -0.2) is 4.79 Å². The van der Waals surface area contributed by atoms with Crippen molar-refractivity contribution in [3.8, 4) is 0 Å². The number of hydrogen-bond acceptors (Lipinski definition) is 4. The molecule has 1 N–H and O–H groups in total. The van der Waals surface area contributed by atoms with Crippen LogP contribution >= 0.6 is 11.6 Å². The molecule has 8 nitrogen and oxygen atoms in total. The van der Waals surface area contributed by atoms with Gasteiger partial charge in [0.05, 0.1) is 0 Å². The van der Waals surface area contributed by atoms with Gasteiger partial charge in [-0.2, -0.15) is 4.98 Å². The van der Waals surface area contributed by atoms with E-state index in [1.807, 2.05) is 0 Å². The molecule has 142 valence electrons. The van der Waals surface area contributed by atoms with E-state index in [1.165, 1.54) is 29.7 Å². The summed E-state index contributed by atoms with van der Waals surface area (Å²) in [7, 11) is 2.91. The third-order valence-corrected chi connectivity index (χ3v) is 5.94. The van der Waals surface area contributed by atoms with Crippen LogP contribution in [0.5, 0.6) is 0 Å². The number of carbonyl (C=O) groups excluding carboxylic acids is 1. The summed E-state index contributed by atoms with van der Waals surface area (Å²) in [6.45, 7) is 4.24. The quantitative estimate of drug-likeness (QED) is 0.804. The number of aryl methyl sites for hydroxylation is 1. The fourth-order valence-corrected chi connectivity index (χ4v) is 3.97. The molecule has 1 aliphatic rings. The summed E-state index contributed by atoms with van der Waals surface area (Å²) in [6, 6.07) is 0.118. The summed E-state index contributed by atoms with van der Waals surface area (Å²) in [5, 5.41) is 3.08. The summed E-state index contributed by atoms with van der Waals surface area (Å²) in [4.78, 5) is 41.2. The topological polar surface area (TPSA) is 90.9 Å². The van der Waals surface area contributed by atoms with Gasteiger partial charge in [-0.1, -0.05) is 26.7 Å². The summed E-state index contributed by atoms with van der Waals surface area (Å²) in [5.41, 5.74) is -0.677. The molecule has 9 heteroatoms. The molecule has 0 radical (unpaired) electrons. The fourth-order valence-electron chi connectivity index (χ4n) is 3.75. The maximum atomic E-state index is 12.6. The van der Waals surface area contributed by atoms with Gasteiger partial charge in [0, 0.05) is 20.1 Å². The minimum atomic E-state index is -0.519. The fraction of sp³-hybridized carbons (Fsp3) is 0.647. The van der Waals surface area contributed by atoms with E-state index < -0.39 is 11.2 Å². The molecule has 3 rings (SSSR count). The molecule has 2 aromatic rings. The van der Waals surface area contributed by atoms with Gasteiger partial charge in [0.1, 0.15) is 6.54 Å². The number of imidazole rings is 1. The Balaban J connectivity index is 1.92. The van der Waals surface area contributed by atoms with Crippen LogP contribution < -0.4 is 16.6 Å². The van der Waals surface area contributed by atoms with Gasteiger partial charge >= 0.3 is 5.69 Å². The van der Waals surface area contributed by atoms with Crippen molar-refractivity contribution < 1.29 is 4.79 Å². The van der Waals surface area contributed by atoms with E-state index in [-0.39, 0.29) is 34.9 Å². The van der Waals surface area contributed by atoms with Crippen molar-refractivity contribution in [2.24, 2.45) is 25.9 Å². The lowest BCUT2D eigenvalue weighted by atomic mass is 9.78. The highest BCUT2D eigenvalue weighted by molar-refractivity contribution is 6.29. The van der Waals surface area contributed by atoms with Crippen LogP contribution in [0.15, 0.2) is 9.59 Å². The molecule has 2 aromatic heterocycles. The molecule has 0 aromatic carbocycles. The normalized spacial score (nSPS) is 23.3. The van der Waals surface area contributed by atoms with E-state index in [2.05, 4.69) is 24.1 Å². The van der Waals surface area contributed by atoms with Crippen LogP contribution in [-0.2, 0) is 25.4 Å². The number of hydrogen-bond donors (Lipinski definition) is 1. The number of carbonyl (C=O) groups is 1. The summed E-state index contributed by atoms with van der Waals surface area (Å²) in [5.74, 6) is 0.748. The highest BCUT2D eigenvalue weighted by atomic mass is 35.5. The minimum Gasteiger partial charge on any atom is -0.352 e. The maximum absolute atomic E-state index is 12.6. The van der Waals surface area contributed by atoms with Crippen molar-refractivity contribution >= 4 is 28.7 Å². The van der Waals surface area contributed by atoms with Crippen LogP contribution in [0.2, 0.25) is 5.28 Å². The summed E-state index contributed by atoms with van der Waals surface area (Å²) < 4.78 is 3.60. The van der Waals surface area contributed by atoms with Crippen LogP contribution in [0.1, 0.15) is 33.1 Å². The molecule has 0 spiro atoms. The van der Waals surface area contributed by atoms with Gasteiger partial charge < -0.3 is 5.32 Å². The van der Waals surface area contributed by atoms with Crippen LogP contribution in [0.4, 0.5) is 0 Å². The van der Waals surface area contributed by atoms with Crippen molar-refractivity contribution in [1.29, 1.82) is 0 Å². The zero-order valence-corrected chi connectivity index (χ0v) is 16.2. The van der Waals surface area contributed by atoms with E-state index in [0.717, 1.165) is 17.4 Å². The third-order valence-electron chi connectivity index (χ3n) is 5.66. The first kappa shape index (κ1) is 18.7. The SMILES string of the molecule is C[C@H]1[C@H](C)CCC[C@@H]1NC(=O)Cn1c(Cl)nc2c1c(=O)n(C)c(=O)n2C. The van der Waals surface area contributed by atoms with Crippen LogP contribution in [-0.4, -0.2) is 30.6 Å². The highest BCUT2D eigenvalue weighted by Crippen LogP contribution is 2.29. The molecule has 1 aliphatic carbocycles. The lowest BCUT2D eigenvalue weighted by Gasteiger charge is -2.34. The number of amides is 1. The Morgan fingerprint density at radius 2 is 1.92 bits per heavy atom. The van der Waals surface area contributed by atoms with Gasteiger partial charge in [-0.15, -0.1) is 0 Å². The van der Waals surface area contributed by atoms with Crippen LogP contribution in [0.25, 0.3) is 11.2 Å². The molecule has 0 aliphatic heterocycles. The van der Waals surface area contributed by atoms with E-state index in [1.54, 1.807) is 0 Å². The molecule has 3 atom stereocenters. The molecule has 0 saturated heterocycles. The lowest BCUT2D eigenvalue weighted by molar-refractivity contribution is -0.123. The van der Waals surface area contributed by atoms with E-state index in [4.69, 9.17) is 11.6 Å². The Morgan fingerprint density at radius 3 is 2.62 bits per heavy atom. The first-order valence-electron chi connectivity index (χ1n) is 8.83. The third kappa shape index (κ3) is 3.06. The molecular weight excluding hydrogens is 358 g/mol. The Kier molecular flexibility index (Phi) is 4.96. The zero-order chi connectivity index (χ0) is 19.2. The van der Waals surface area contributed by atoms with Crippen LogP contribution in [0.3, 0.4) is 0 Å². The predicted molar refractivity (Wildman–Crippen MR) is 99.3 cm³/mol. The molecule has 1 fully saturated rings. The average molecular weight is 382 g/mol. The standard InChI is InChI=1S/C17H24ClN5O3/c1-9-6-5-7-11(10(9)2)19-12(24)8-23-13-14(20-16(23)18)21(3)17(26)22(4)15(13)25/h9-11H,5-8H2,1-4H3,(H,19,24)/t9-,10+,11+/m1/s1. The zero-order valence-electron chi connectivity index (χ0n) is 15.5. The molecule has 0 bridgehead atoms. The number of aromatic nitrogens is 4. The van der Waals surface area contributed by atoms with Gasteiger partial charge in [0.15, 0.2) is 11.2 Å². The van der Waals surface area contributed by atoms with Crippen LogP contribution in [0, 0.1) is 11.8 Å². The monoisotopic (exact) mass is 381 g/mol. The maximum Gasteiger partial charge on any atom is 0.332 e. The highest BCUT2D eigenvalue weighted by Gasteiger charge is 2.28. The number of rotatable bonds is 3. The Labute approximate surface area is 155 Å². The lowest BCUT2D eigenvalue weighted by Crippen LogP contribution is -2.45. The minimum absolute atomic E-state index is 0.0125. The second-order valence-corrected chi connectivity index (χ2v) is 7.62. The van der Waals surface area contributed by atoms with Gasteiger partial charge in [-0.3, -0.25) is 23.3 Å². The molecule has 0 unspecified atom stereocenters. The first-order chi connectivity index (χ1) is 12.2. The van der Waals surface area contributed by atoms with Crippen molar-refractivity contribution in [3.63, 3.8) is 0 Å². The second-order valence-electron chi connectivity index (χ2n) is 7.29. The van der Waals surface area contributed by atoms with E-state index in [0.29, 0.717) is 11.8 Å². The van der Waals surface area contributed by atoms with Crippen molar-refractivity contribution in [3.05, 3.63) is 26.1 Å². The molecular formula is C17H24ClN5O3.